The largest absolute Gasteiger partial charge is 0.465 e. The van der Waals surface area contributed by atoms with Crippen LogP contribution in [0.2, 0.25) is 0 Å². The molecule has 1 N–H and O–H groups in total. The zero-order valence-electron chi connectivity index (χ0n) is 19.9. The molecule has 5 aliphatic rings. The van der Waals surface area contributed by atoms with Gasteiger partial charge in [-0.05, 0) is 68.8 Å². The number of carbonyl (C=O) groups is 2. The lowest BCUT2D eigenvalue weighted by atomic mass is 9.49. The van der Waals surface area contributed by atoms with Crippen molar-refractivity contribution in [2.45, 2.75) is 52.0 Å². The van der Waals surface area contributed by atoms with Gasteiger partial charge in [0.25, 0.3) is 5.56 Å². The molecule has 34 heavy (non-hydrogen) atoms. The third-order valence-corrected chi connectivity index (χ3v) is 9.91. The molecule has 182 valence electrons. The summed E-state index contributed by atoms with van der Waals surface area (Å²) in [5, 5.41) is 0.458. The number of esters is 1. The highest BCUT2D eigenvalue weighted by atomic mass is 32.1. The number of rotatable bonds is 4. The maximum absolute atomic E-state index is 13.6. The van der Waals surface area contributed by atoms with Crippen molar-refractivity contribution in [3.8, 4) is 0 Å². The van der Waals surface area contributed by atoms with Crippen molar-refractivity contribution >= 4 is 33.4 Å². The predicted octanol–water partition coefficient (Wildman–Crippen LogP) is 2.94. The van der Waals surface area contributed by atoms with Crippen LogP contribution in [0.1, 0.15) is 59.6 Å². The molecule has 0 spiro atoms. The molecule has 2 aromatic heterocycles. The van der Waals surface area contributed by atoms with Gasteiger partial charge in [0, 0.05) is 26.2 Å². The van der Waals surface area contributed by atoms with Crippen molar-refractivity contribution in [2.75, 3.05) is 33.3 Å². The van der Waals surface area contributed by atoms with Crippen LogP contribution in [0.25, 0.3) is 10.2 Å². The van der Waals surface area contributed by atoms with Gasteiger partial charge in [-0.1, -0.05) is 0 Å². The average molecular weight is 485 g/mol. The first-order chi connectivity index (χ1) is 16.3. The summed E-state index contributed by atoms with van der Waals surface area (Å²) in [6.07, 6.45) is 7.37. The van der Waals surface area contributed by atoms with Gasteiger partial charge in [0.2, 0.25) is 5.91 Å². The van der Waals surface area contributed by atoms with Crippen LogP contribution in [0, 0.1) is 30.1 Å². The molecule has 1 amide bonds. The van der Waals surface area contributed by atoms with E-state index in [-0.39, 0.29) is 11.0 Å². The number of nitrogens with one attached hydrogen (secondary N) is 1. The maximum Gasteiger partial charge on any atom is 0.348 e. The minimum absolute atomic E-state index is 0.0802. The number of aromatic nitrogens is 2. The van der Waals surface area contributed by atoms with Crippen LogP contribution in [-0.2, 0) is 16.1 Å². The van der Waals surface area contributed by atoms with E-state index < -0.39 is 5.97 Å². The number of methoxy groups -OCH3 is 1. The summed E-state index contributed by atoms with van der Waals surface area (Å²) in [5.74, 6) is 2.88. The Labute approximate surface area is 202 Å². The Morgan fingerprint density at radius 3 is 2.29 bits per heavy atom. The van der Waals surface area contributed by atoms with Crippen molar-refractivity contribution in [1.82, 2.24) is 19.8 Å². The van der Waals surface area contributed by atoms with Crippen LogP contribution in [0.15, 0.2) is 4.79 Å². The van der Waals surface area contributed by atoms with Gasteiger partial charge >= 0.3 is 5.97 Å². The molecule has 9 heteroatoms. The van der Waals surface area contributed by atoms with E-state index >= 15 is 0 Å². The van der Waals surface area contributed by atoms with Crippen LogP contribution >= 0.6 is 11.3 Å². The fraction of sp³-hybridized carbons (Fsp3) is 0.680. The van der Waals surface area contributed by atoms with E-state index in [0.717, 1.165) is 63.2 Å². The fourth-order valence-electron chi connectivity index (χ4n) is 7.58. The first-order valence-electron chi connectivity index (χ1n) is 12.5. The first-order valence-corrected chi connectivity index (χ1v) is 13.3. The van der Waals surface area contributed by atoms with E-state index in [1.54, 1.807) is 6.92 Å². The van der Waals surface area contributed by atoms with Gasteiger partial charge in [-0.25, -0.2) is 9.78 Å². The third kappa shape index (κ3) is 3.59. The quantitative estimate of drug-likeness (QED) is 0.671. The van der Waals surface area contributed by atoms with Crippen molar-refractivity contribution in [2.24, 2.45) is 23.2 Å². The van der Waals surface area contributed by atoms with Crippen molar-refractivity contribution < 1.29 is 14.3 Å². The van der Waals surface area contributed by atoms with E-state index in [1.807, 2.05) is 0 Å². The number of piperazine rings is 1. The maximum atomic E-state index is 13.6. The molecule has 0 unspecified atom stereocenters. The second-order valence-electron chi connectivity index (χ2n) is 11.0. The Kier molecular flexibility index (Phi) is 5.33. The molecule has 4 saturated carbocycles. The van der Waals surface area contributed by atoms with Crippen molar-refractivity contribution in [3.05, 3.63) is 26.6 Å². The second kappa shape index (κ2) is 8.16. The molecule has 5 fully saturated rings. The van der Waals surface area contributed by atoms with Crippen LogP contribution < -0.4 is 5.56 Å². The number of fused-ring (bicyclic) bond motifs is 1. The van der Waals surface area contributed by atoms with Crippen LogP contribution in [-0.4, -0.2) is 64.9 Å². The van der Waals surface area contributed by atoms with Gasteiger partial charge in [-0.15, -0.1) is 11.3 Å². The summed E-state index contributed by atoms with van der Waals surface area (Å²) in [5.41, 5.74) is 0.312. The Bertz CT molecular complexity index is 1170. The second-order valence-corrected chi connectivity index (χ2v) is 12.0. The van der Waals surface area contributed by atoms with Gasteiger partial charge in [0.15, 0.2) is 0 Å². The SMILES string of the molecule is COC(=O)c1sc2nc(CN3CCN(C(=O)C45CC6CC(CC(C6)C4)C5)CC3)[nH]c(=O)c2c1C. The number of aryl methyl sites for hydroxylation is 1. The minimum atomic E-state index is -0.443. The number of thiophene rings is 1. The molecular weight excluding hydrogens is 452 g/mol. The number of aromatic amines is 1. The Balaban J connectivity index is 1.13. The Morgan fingerprint density at radius 2 is 1.71 bits per heavy atom. The van der Waals surface area contributed by atoms with E-state index in [0.29, 0.717) is 38.9 Å². The first kappa shape index (κ1) is 22.2. The lowest BCUT2D eigenvalue weighted by Gasteiger charge is -2.57. The Morgan fingerprint density at radius 1 is 1.09 bits per heavy atom. The Hall–Kier alpha value is -2.26. The third-order valence-electron chi connectivity index (χ3n) is 8.75. The molecule has 1 saturated heterocycles. The summed E-state index contributed by atoms with van der Waals surface area (Å²) in [6, 6.07) is 0. The molecular formula is C25H32N4O4S. The summed E-state index contributed by atoms with van der Waals surface area (Å²) in [4.78, 5) is 51.2. The van der Waals surface area contributed by atoms with Gasteiger partial charge < -0.3 is 14.6 Å². The molecule has 4 aliphatic carbocycles. The number of amides is 1. The molecule has 0 aromatic carbocycles. The van der Waals surface area contributed by atoms with Gasteiger partial charge in [-0.3, -0.25) is 14.5 Å². The van der Waals surface area contributed by atoms with Crippen LogP contribution in [0.3, 0.4) is 0 Å². The summed E-state index contributed by atoms with van der Waals surface area (Å²) in [6.45, 7) is 5.29. The normalized spacial score (nSPS) is 30.8. The van der Waals surface area contributed by atoms with Crippen LogP contribution in [0.5, 0.6) is 0 Å². The summed E-state index contributed by atoms with van der Waals surface area (Å²) in [7, 11) is 1.34. The van der Waals surface area contributed by atoms with Gasteiger partial charge in [0.1, 0.15) is 15.5 Å². The molecule has 7 rings (SSSR count). The van der Waals surface area contributed by atoms with Gasteiger partial charge in [0.05, 0.1) is 24.5 Å². The number of H-pyrrole nitrogens is 1. The molecule has 1 aliphatic heterocycles. The van der Waals surface area contributed by atoms with E-state index in [2.05, 4.69) is 19.8 Å². The van der Waals surface area contributed by atoms with Gasteiger partial charge in [-0.2, -0.15) is 0 Å². The van der Waals surface area contributed by atoms with Crippen molar-refractivity contribution in [1.29, 1.82) is 0 Å². The van der Waals surface area contributed by atoms with E-state index in [9.17, 15) is 14.4 Å². The smallest absolute Gasteiger partial charge is 0.348 e. The lowest BCUT2D eigenvalue weighted by molar-refractivity contribution is -0.159. The van der Waals surface area contributed by atoms with Crippen LogP contribution in [0.4, 0.5) is 0 Å². The predicted molar refractivity (Wildman–Crippen MR) is 129 cm³/mol. The monoisotopic (exact) mass is 484 g/mol. The van der Waals surface area contributed by atoms with E-state index in [4.69, 9.17) is 4.74 Å². The molecule has 0 atom stereocenters. The van der Waals surface area contributed by atoms with Crippen molar-refractivity contribution in [3.63, 3.8) is 0 Å². The minimum Gasteiger partial charge on any atom is -0.465 e. The number of nitrogens with zero attached hydrogens (tertiary/aromatic N) is 3. The summed E-state index contributed by atoms with van der Waals surface area (Å²) >= 11 is 1.20. The molecule has 2 aromatic rings. The highest BCUT2D eigenvalue weighted by Crippen LogP contribution is 2.60. The standard InChI is InChI=1S/C25H32N4O4S/c1-14-19-21(30)26-18(27-22(19)34-20(14)23(31)33-2)13-28-3-5-29(6-4-28)24(32)25-10-15-7-16(11-25)9-17(8-15)12-25/h15-17H,3-13H2,1-2H3,(H,26,27,30). The lowest BCUT2D eigenvalue weighted by Crippen LogP contribution is -2.58. The number of ether oxygens (including phenoxy) is 1. The molecule has 3 heterocycles. The number of hydrogen-bond donors (Lipinski definition) is 1. The van der Waals surface area contributed by atoms with E-state index in [1.165, 1.54) is 37.7 Å². The molecule has 0 radical (unpaired) electrons. The topological polar surface area (TPSA) is 95.6 Å². The summed E-state index contributed by atoms with van der Waals surface area (Å²) < 4.78 is 4.84. The zero-order chi connectivity index (χ0) is 23.6. The average Bonchev–Trinajstić information content (AvgIpc) is 3.14. The fourth-order valence-corrected chi connectivity index (χ4v) is 8.70. The number of carbonyl (C=O) groups excluding carboxylic acids is 2. The highest BCUT2D eigenvalue weighted by molar-refractivity contribution is 7.20. The highest BCUT2D eigenvalue weighted by Gasteiger charge is 2.55. The number of hydrogen-bond acceptors (Lipinski definition) is 7. The molecule has 8 nitrogen and oxygen atoms in total. The zero-order valence-corrected chi connectivity index (χ0v) is 20.7. The molecule has 4 bridgehead atoms.